The molecule has 0 bridgehead atoms. The van der Waals surface area contributed by atoms with Gasteiger partial charge in [-0.15, -0.1) is 0 Å². The molecule has 20 heavy (non-hydrogen) atoms. The molecular formula is C13H9Br2NO4. The van der Waals surface area contributed by atoms with Crippen LogP contribution < -0.4 is 9.47 Å². The monoisotopic (exact) mass is 401 g/mol. The summed E-state index contributed by atoms with van der Waals surface area (Å²) < 4.78 is 12.4. The summed E-state index contributed by atoms with van der Waals surface area (Å²) in [6, 6.07) is 9.57. The van der Waals surface area contributed by atoms with Crippen LogP contribution in [0.1, 0.15) is 0 Å². The van der Waals surface area contributed by atoms with Crippen LogP contribution in [0, 0.1) is 10.1 Å². The minimum Gasteiger partial charge on any atom is -0.493 e. The van der Waals surface area contributed by atoms with Crippen molar-refractivity contribution in [1.29, 1.82) is 0 Å². The van der Waals surface area contributed by atoms with E-state index in [1.807, 2.05) is 0 Å². The summed E-state index contributed by atoms with van der Waals surface area (Å²) in [5.74, 6) is 1.01. The van der Waals surface area contributed by atoms with Crippen LogP contribution in [0.3, 0.4) is 0 Å². The molecule has 104 valence electrons. The molecule has 0 N–H and O–H groups in total. The van der Waals surface area contributed by atoms with Gasteiger partial charge in [0.05, 0.1) is 12.0 Å². The number of benzene rings is 2. The fraction of sp³-hybridized carbons (Fsp3) is 0.0769. The highest BCUT2D eigenvalue weighted by molar-refractivity contribution is 9.13. The Hall–Kier alpha value is -1.60. The minimum atomic E-state index is -0.490. The number of methoxy groups -OCH3 is 1. The van der Waals surface area contributed by atoms with Crippen molar-refractivity contribution >= 4 is 37.5 Å². The maximum Gasteiger partial charge on any atom is 0.311 e. The molecule has 0 unspecified atom stereocenters. The van der Waals surface area contributed by atoms with Crippen LogP contribution in [-0.4, -0.2) is 12.0 Å². The third-order valence-corrected chi connectivity index (χ3v) is 4.33. The zero-order valence-corrected chi connectivity index (χ0v) is 13.5. The van der Waals surface area contributed by atoms with E-state index < -0.39 is 4.92 Å². The molecule has 0 aliphatic heterocycles. The summed E-state index contributed by atoms with van der Waals surface area (Å²) in [4.78, 5) is 10.5. The lowest BCUT2D eigenvalue weighted by atomic mass is 10.3. The number of para-hydroxylation sites is 2. The zero-order chi connectivity index (χ0) is 14.7. The highest BCUT2D eigenvalue weighted by Gasteiger charge is 2.17. The average Bonchev–Trinajstić information content (AvgIpc) is 2.43. The van der Waals surface area contributed by atoms with Crippen molar-refractivity contribution in [1.82, 2.24) is 0 Å². The van der Waals surface area contributed by atoms with Crippen LogP contribution in [0.15, 0.2) is 45.3 Å². The molecule has 0 saturated carbocycles. The standard InChI is InChI=1S/C13H9Br2NO4/c1-19-12-6-8(14)9(15)7-13(12)20-11-5-3-2-4-10(11)16(17)18/h2-7H,1H3. The second-order valence-corrected chi connectivity index (χ2v) is 5.45. The van der Waals surface area contributed by atoms with Crippen LogP contribution in [0.5, 0.6) is 17.2 Å². The Morgan fingerprint density at radius 1 is 1.05 bits per heavy atom. The van der Waals surface area contributed by atoms with Gasteiger partial charge in [-0.2, -0.15) is 0 Å². The first kappa shape index (κ1) is 14.8. The normalized spacial score (nSPS) is 10.2. The van der Waals surface area contributed by atoms with Gasteiger partial charge in [-0.25, -0.2) is 0 Å². The molecule has 0 spiro atoms. The molecular weight excluding hydrogens is 394 g/mol. The van der Waals surface area contributed by atoms with Crippen molar-refractivity contribution in [2.24, 2.45) is 0 Å². The summed E-state index contributed by atoms with van der Waals surface area (Å²) in [7, 11) is 1.50. The highest BCUT2D eigenvalue weighted by Crippen LogP contribution is 2.40. The molecule has 2 rings (SSSR count). The van der Waals surface area contributed by atoms with Gasteiger partial charge >= 0.3 is 5.69 Å². The lowest BCUT2D eigenvalue weighted by Crippen LogP contribution is -1.95. The van der Waals surface area contributed by atoms with Gasteiger partial charge in [-0.1, -0.05) is 12.1 Å². The van der Waals surface area contributed by atoms with E-state index in [0.717, 1.165) is 8.95 Å². The Balaban J connectivity index is 2.45. The van der Waals surface area contributed by atoms with E-state index in [-0.39, 0.29) is 11.4 Å². The Kier molecular flexibility index (Phi) is 4.61. The SMILES string of the molecule is COc1cc(Br)c(Br)cc1Oc1ccccc1[N+](=O)[O-]. The van der Waals surface area contributed by atoms with Crippen molar-refractivity contribution in [3.63, 3.8) is 0 Å². The first-order valence-electron chi connectivity index (χ1n) is 5.47. The van der Waals surface area contributed by atoms with Gasteiger partial charge in [0, 0.05) is 15.0 Å². The lowest BCUT2D eigenvalue weighted by molar-refractivity contribution is -0.385. The Labute approximate surface area is 131 Å². The molecule has 0 amide bonds. The van der Waals surface area contributed by atoms with Crippen molar-refractivity contribution in [2.45, 2.75) is 0 Å². The maximum absolute atomic E-state index is 11.0. The van der Waals surface area contributed by atoms with Crippen molar-refractivity contribution in [3.8, 4) is 17.2 Å². The van der Waals surface area contributed by atoms with Crippen molar-refractivity contribution in [3.05, 3.63) is 55.5 Å². The number of rotatable bonds is 4. The predicted octanol–water partition coefficient (Wildman–Crippen LogP) is 4.92. The van der Waals surface area contributed by atoms with Gasteiger partial charge < -0.3 is 9.47 Å². The Morgan fingerprint density at radius 2 is 1.65 bits per heavy atom. The number of nitro benzene ring substituents is 1. The molecule has 0 atom stereocenters. The molecule has 0 aromatic heterocycles. The molecule has 2 aromatic carbocycles. The smallest absolute Gasteiger partial charge is 0.311 e. The molecule has 7 heteroatoms. The number of nitro groups is 1. The minimum absolute atomic E-state index is 0.103. The van der Waals surface area contributed by atoms with Crippen LogP contribution in [0.2, 0.25) is 0 Å². The van der Waals surface area contributed by atoms with Gasteiger partial charge in [0.15, 0.2) is 11.5 Å². The number of halogens is 2. The third-order valence-electron chi connectivity index (χ3n) is 2.49. The summed E-state index contributed by atoms with van der Waals surface area (Å²) in [5, 5.41) is 11.0. The van der Waals surface area contributed by atoms with E-state index in [2.05, 4.69) is 31.9 Å². The van der Waals surface area contributed by atoms with E-state index >= 15 is 0 Å². The number of hydrogen-bond donors (Lipinski definition) is 0. The summed E-state index contributed by atoms with van der Waals surface area (Å²) >= 11 is 6.71. The van der Waals surface area contributed by atoms with E-state index in [1.165, 1.54) is 19.2 Å². The van der Waals surface area contributed by atoms with Crippen molar-refractivity contribution in [2.75, 3.05) is 7.11 Å². The van der Waals surface area contributed by atoms with Gasteiger partial charge in [0.2, 0.25) is 5.75 Å². The van der Waals surface area contributed by atoms with E-state index in [0.29, 0.717) is 11.5 Å². The van der Waals surface area contributed by atoms with Crippen LogP contribution in [0.25, 0.3) is 0 Å². The van der Waals surface area contributed by atoms with Gasteiger partial charge in [-0.3, -0.25) is 10.1 Å². The molecule has 0 fully saturated rings. The maximum atomic E-state index is 11.0. The van der Waals surface area contributed by atoms with Gasteiger partial charge in [-0.05, 0) is 50.1 Å². The average molecular weight is 403 g/mol. The molecule has 0 heterocycles. The molecule has 0 radical (unpaired) electrons. The lowest BCUT2D eigenvalue weighted by Gasteiger charge is -2.11. The van der Waals surface area contributed by atoms with E-state index in [4.69, 9.17) is 9.47 Å². The van der Waals surface area contributed by atoms with Crippen molar-refractivity contribution < 1.29 is 14.4 Å². The number of ether oxygens (including phenoxy) is 2. The summed E-state index contributed by atoms with van der Waals surface area (Å²) in [5.41, 5.74) is -0.103. The fourth-order valence-corrected chi connectivity index (χ4v) is 2.21. The number of nitrogens with zero attached hydrogens (tertiary/aromatic N) is 1. The second-order valence-electron chi connectivity index (χ2n) is 3.74. The van der Waals surface area contributed by atoms with Crippen LogP contribution in [0.4, 0.5) is 5.69 Å². The third kappa shape index (κ3) is 3.10. The Morgan fingerprint density at radius 3 is 2.25 bits per heavy atom. The molecule has 2 aromatic rings. The molecule has 0 aliphatic carbocycles. The first-order valence-corrected chi connectivity index (χ1v) is 7.06. The topological polar surface area (TPSA) is 61.6 Å². The molecule has 5 nitrogen and oxygen atoms in total. The molecule has 0 saturated heterocycles. The Bertz CT molecular complexity index is 661. The van der Waals surface area contributed by atoms with E-state index in [1.54, 1.807) is 24.3 Å². The fourth-order valence-electron chi connectivity index (χ4n) is 1.56. The zero-order valence-electron chi connectivity index (χ0n) is 10.3. The van der Waals surface area contributed by atoms with Gasteiger partial charge in [0.1, 0.15) is 0 Å². The first-order chi connectivity index (χ1) is 9.52. The van der Waals surface area contributed by atoms with Crippen LogP contribution in [-0.2, 0) is 0 Å². The summed E-state index contributed by atoms with van der Waals surface area (Å²) in [6.45, 7) is 0. The highest BCUT2D eigenvalue weighted by atomic mass is 79.9. The quantitative estimate of drug-likeness (QED) is 0.537. The van der Waals surface area contributed by atoms with Crippen LogP contribution >= 0.6 is 31.9 Å². The predicted molar refractivity (Wildman–Crippen MR) is 81.6 cm³/mol. The molecule has 0 aliphatic rings. The van der Waals surface area contributed by atoms with E-state index in [9.17, 15) is 10.1 Å². The number of hydrogen-bond acceptors (Lipinski definition) is 4. The largest absolute Gasteiger partial charge is 0.493 e. The second kappa shape index (κ2) is 6.23. The summed E-state index contributed by atoms with van der Waals surface area (Å²) in [6.07, 6.45) is 0. The van der Waals surface area contributed by atoms with Gasteiger partial charge in [0.25, 0.3) is 0 Å².